The quantitative estimate of drug-likeness (QED) is 0.825. The zero-order chi connectivity index (χ0) is 17.6. The molecule has 1 aliphatic rings. The molecule has 0 saturated carbocycles. The van der Waals surface area contributed by atoms with Crippen molar-refractivity contribution in [2.45, 2.75) is 57.8 Å². The second kappa shape index (κ2) is 8.32. The number of aliphatic carboxylic acids is 1. The van der Waals surface area contributed by atoms with Gasteiger partial charge in [-0.3, -0.25) is 9.59 Å². The van der Waals surface area contributed by atoms with Crippen molar-refractivity contribution in [1.82, 2.24) is 4.90 Å². The van der Waals surface area contributed by atoms with Crippen molar-refractivity contribution in [1.29, 1.82) is 0 Å². The number of rotatable bonds is 7. The van der Waals surface area contributed by atoms with Gasteiger partial charge in [-0.05, 0) is 42.6 Å². The van der Waals surface area contributed by atoms with Gasteiger partial charge in [0.25, 0.3) is 0 Å². The minimum Gasteiger partial charge on any atom is -0.481 e. The lowest BCUT2D eigenvalue weighted by atomic mass is 9.80. The Morgan fingerprint density at radius 1 is 1.21 bits per heavy atom. The van der Waals surface area contributed by atoms with Crippen LogP contribution in [0.4, 0.5) is 0 Å². The van der Waals surface area contributed by atoms with Gasteiger partial charge in [-0.25, -0.2) is 0 Å². The number of hydrogen-bond donors (Lipinski definition) is 1. The summed E-state index contributed by atoms with van der Waals surface area (Å²) in [5, 5.41) is 8.82. The standard InChI is InChI=1S/C20H29NO3/c1-20(2,17-8-4-3-5-9-17)13-12-18(22)21-14-6-7-16(15-21)10-11-19(23)24/h3-5,8-9,16H,6-7,10-15H2,1-2H3,(H,23,24). The van der Waals surface area contributed by atoms with Crippen LogP contribution in [0.1, 0.15) is 57.9 Å². The molecule has 0 bridgehead atoms. The van der Waals surface area contributed by atoms with E-state index < -0.39 is 5.97 Å². The van der Waals surface area contributed by atoms with E-state index in [1.807, 2.05) is 23.1 Å². The van der Waals surface area contributed by atoms with Gasteiger partial charge in [0.05, 0.1) is 0 Å². The molecule has 1 unspecified atom stereocenters. The molecule has 1 atom stereocenters. The van der Waals surface area contributed by atoms with Gasteiger partial charge in [0.1, 0.15) is 0 Å². The second-order valence-corrected chi connectivity index (χ2v) is 7.53. The van der Waals surface area contributed by atoms with E-state index in [2.05, 4.69) is 26.0 Å². The van der Waals surface area contributed by atoms with Crippen molar-refractivity contribution in [3.05, 3.63) is 35.9 Å². The molecule has 4 heteroatoms. The smallest absolute Gasteiger partial charge is 0.303 e. The fourth-order valence-corrected chi connectivity index (χ4v) is 3.47. The SMILES string of the molecule is CC(C)(CCC(=O)N1CCCC(CCC(=O)O)C1)c1ccccc1. The summed E-state index contributed by atoms with van der Waals surface area (Å²) in [6, 6.07) is 10.3. The summed E-state index contributed by atoms with van der Waals surface area (Å²) in [4.78, 5) is 25.2. The maximum Gasteiger partial charge on any atom is 0.303 e. The average Bonchev–Trinajstić information content (AvgIpc) is 2.59. The molecule has 1 amide bonds. The summed E-state index contributed by atoms with van der Waals surface area (Å²) < 4.78 is 0. The van der Waals surface area contributed by atoms with Gasteiger partial charge in [0.15, 0.2) is 0 Å². The topological polar surface area (TPSA) is 57.6 Å². The maximum atomic E-state index is 12.6. The number of likely N-dealkylation sites (tertiary alicyclic amines) is 1. The van der Waals surface area contributed by atoms with Crippen molar-refractivity contribution in [2.24, 2.45) is 5.92 Å². The molecule has 0 aromatic heterocycles. The van der Waals surface area contributed by atoms with Crippen molar-refractivity contribution in [3.8, 4) is 0 Å². The lowest BCUT2D eigenvalue weighted by molar-refractivity contribution is -0.137. The Hall–Kier alpha value is -1.84. The Kier molecular flexibility index (Phi) is 6.41. The van der Waals surface area contributed by atoms with E-state index in [9.17, 15) is 9.59 Å². The highest BCUT2D eigenvalue weighted by Gasteiger charge is 2.26. The van der Waals surface area contributed by atoms with E-state index in [0.29, 0.717) is 18.8 Å². The van der Waals surface area contributed by atoms with Gasteiger partial charge in [-0.2, -0.15) is 0 Å². The Balaban J connectivity index is 1.84. The van der Waals surface area contributed by atoms with Crippen molar-refractivity contribution in [3.63, 3.8) is 0 Å². The summed E-state index contributed by atoms with van der Waals surface area (Å²) in [5.41, 5.74) is 1.24. The molecule has 0 aliphatic carbocycles. The molecule has 1 saturated heterocycles. The summed E-state index contributed by atoms with van der Waals surface area (Å²) in [6.45, 7) is 5.90. The Morgan fingerprint density at radius 3 is 2.58 bits per heavy atom. The highest BCUT2D eigenvalue weighted by Crippen LogP contribution is 2.29. The lowest BCUT2D eigenvalue weighted by Crippen LogP contribution is -2.40. The molecule has 2 rings (SSSR count). The van der Waals surface area contributed by atoms with Gasteiger partial charge < -0.3 is 10.0 Å². The van der Waals surface area contributed by atoms with E-state index in [4.69, 9.17) is 5.11 Å². The molecule has 24 heavy (non-hydrogen) atoms. The highest BCUT2D eigenvalue weighted by atomic mass is 16.4. The zero-order valence-electron chi connectivity index (χ0n) is 14.8. The summed E-state index contributed by atoms with van der Waals surface area (Å²) >= 11 is 0. The molecule has 132 valence electrons. The van der Waals surface area contributed by atoms with Gasteiger partial charge in [-0.1, -0.05) is 44.2 Å². The second-order valence-electron chi connectivity index (χ2n) is 7.53. The third-order valence-corrected chi connectivity index (χ3v) is 5.16. The summed E-state index contributed by atoms with van der Waals surface area (Å²) in [7, 11) is 0. The number of carbonyl (C=O) groups is 2. The monoisotopic (exact) mass is 331 g/mol. The van der Waals surface area contributed by atoms with Crippen molar-refractivity contribution < 1.29 is 14.7 Å². The maximum absolute atomic E-state index is 12.6. The van der Waals surface area contributed by atoms with E-state index in [-0.39, 0.29) is 17.7 Å². The minimum atomic E-state index is -0.747. The highest BCUT2D eigenvalue weighted by molar-refractivity contribution is 5.76. The molecular formula is C20H29NO3. The van der Waals surface area contributed by atoms with Gasteiger partial charge in [0, 0.05) is 25.9 Å². The first-order valence-electron chi connectivity index (χ1n) is 8.93. The van der Waals surface area contributed by atoms with E-state index in [1.165, 1.54) is 5.56 Å². The van der Waals surface area contributed by atoms with Crippen LogP contribution in [0.25, 0.3) is 0 Å². The van der Waals surface area contributed by atoms with Gasteiger partial charge in [-0.15, -0.1) is 0 Å². The van der Waals surface area contributed by atoms with Crippen LogP contribution in [0.2, 0.25) is 0 Å². The van der Waals surface area contributed by atoms with Crippen LogP contribution in [-0.4, -0.2) is 35.0 Å². The largest absolute Gasteiger partial charge is 0.481 e. The minimum absolute atomic E-state index is 0.0184. The van der Waals surface area contributed by atoms with Crippen LogP contribution in [0.3, 0.4) is 0 Å². The van der Waals surface area contributed by atoms with E-state index in [0.717, 1.165) is 32.4 Å². The van der Waals surface area contributed by atoms with Crippen LogP contribution < -0.4 is 0 Å². The van der Waals surface area contributed by atoms with Crippen molar-refractivity contribution >= 4 is 11.9 Å². The molecule has 4 nitrogen and oxygen atoms in total. The molecule has 1 aromatic carbocycles. The van der Waals surface area contributed by atoms with E-state index >= 15 is 0 Å². The third-order valence-electron chi connectivity index (χ3n) is 5.16. The first-order chi connectivity index (χ1) is 11.4. The first kappa shape index (κ1) is 18.5. The number of carbonyl (C=O) groups excluding carboxylic acids is 1. The van der Waals surface area contributed by atoms with Gasteiger partial charge in [0.2, 0.25) is 5.91 Å². The predicted octanol–water partition coefficient (Wildman–Crippen LogP) is 3.85. The molecule has 0 spiro atoms. The van der Waals surface area contributed by atoms with E-state index in [1.54, 1.807) is 0 Å². The van der Waals surface area contributed by atoms with Crippen LogP contribution in [0, 0.1) is 5.92 Å². The number of carboxylic acid groups (broad SMARTS) is 1. The van der Waals surface area contributed by atoms with Crippen LogP contribution >= 0.6 is 0 Å². The number of carboxylic acids is 1. The number of nitrogens with zero attached hydrogens (tertiary/aromatic N) is 1. The predicted molar refractivity (Wildman–Crippen MR) is 94.9 cm³/mol. The molecule has 1 fully saturated rings. The average molecular weight is 331 g/mol. The Morgan fingerprint density at radius 2 is 1.92 bits per heavy atom. The van der Waals surface area contributed by atoms with Crippen molar-refractivity contribution in [2.75, 3.05) is 13.1 Å². The number of piperidine rings is 1. The molecule has 1 aliphatic heterocycles. The lowest BCUT2D eigenvalue weighted by Gasteiger charge is -2.34. The van der Waals surface area contributed by atoms with Crippen LogP contribution in [0.5, 0.6) is 0 Å². The number of amides is 1. The fraction of sp³-hybridized carbons (Fsp3) is 0.600. The molecule has 1 aromatic rings. The third kappa shape index (κ3) is 5.36. The van der Waals surface area contributed by atoms with Crippen LogP contribution in [-0.2, 0) is 15.0 Å². The molecule has 1 N–H and O–H groups in total. The number of hydrogen-bond acceptors (Lipinski definition) is 2. The number of benzene rings is 1. The Labute approximate surface area is 144 Å². The van der Waals surface area contributed by atoms with Gasteiger partial charge >= 0.3 is 5.97 Å². The Bertz CT molecular complexity index is 553. The molecule has 1 heterocycles. The van der Waals surface area contributed by atoms with Crippen LogP contribution in [0.15, 0.2) is 30.3 Å². The molecule has 0 radical (unpaired) electrons. The molecular weight excluding hydrogens is 302 g/mol. The zero-order valence-corrected chi connectivity index (χ0v) is 14.8. The fourth-order valence-electron chi connectivity index (χ4n) is 3.47. The summed E-state index contributed by atoms with van der Waals surface area (Å²) in [5.74, 6) is -0.206. The normalized spacial score (nSPS) is 18.4. The summed E-state index contributed by atoms with van der Waals surface area (Å²) in [6.07, 6.45) is 4.27. The first-order valence-corrected chi connectivity index (χ1v) is 8.93.